The number of rotatable bonds is 2. The first kappa shape index (κ1) is 15.2. The van der Waals surface area contributed by atoms with Crippen molar-refractivity contribution in [3.05, 3.63) is 27.6 Å². The summed E-state index contributed by atoms with van der Waals surface area (Å²) >= 11 is 3.49. The van der Waals surface area contributed by atoms with Gasteiger partial charge in [-0.05, 0) is 85.2 Å². The van der Waals surface area contributed by atoms with Gasteiger partial charge in [-0.1, -0.05) is 0 Å². The van der Waals surface area contributed by atoms with Crippen molar-refractivity contribution in [1.82, 2.24) is 14.6 Å². The fourth-order valence-corrected chi connectivity index (χ4v) is 6.31. The SMILES string of the molecule is Cc1nn2c(C(F)F)cc(C34CC5CC(CC(C5)C3)C4)nc2c1Br. The van der Waals surface area contributed by atoms with Crippen LogP contribution in [0.2, 0.25) is 0 Å². The van der Waals surface area contributed by atoms with Crippen molar-refractivity contribution < 1.29 is 8.78 Å². The molecule has 0 N–H and O–H groups in total. The quantitative estimate of drug-likeness (QED) is 0.698. The maximum absolute atomic E-state index is 13.7. The third-order valence-corrected chi connectivity index (χ3v) is 7.45. The van der Waals surface area contributed by atoms with E-state index >= 15 is 0 Å². The molecule has 0 atom stereocenters. The van der Waals surface area contributed by atoms with E-state index in [4.69, 9.17) is 4.98 Å². The van der Waals surface area contributed by atoms with Gasteiger partial charge in [0.25, 0.3) is 6.43 Å². The molecular weight excluding hydrogens is 376 g/mol. The van der Waals surface area contributed by atoms with Gasteiger partial charge in [0.15, 0.2) is 5.65 Å². The lowest BCUT2D eigenvalue weighted by Gasteiger charge is -2.56. The molecule has 0 amide bonds. The van der Waals surface area contributed by atoms with E-state index in [1.807, 2.05) is 6.92 Å². The molecule has 0 aromatic carbocycles. The molecule has 6 rings (SSSR count). The van der Waals surface area contributed by atoms with Crippen LogP contribution in [-0.2, 0) is 5.41 Å². The number of fused-ring (bicyclic) bond motifs is 1. The van der Waals surface area contributed by atoms with Gasteiger partial charge in [-0.2, -0.15) is 5.10 Å². The van der Waals surface area contributed by atoms with Crippen LogP contribution < -0.4 is 0 Å². The van der Waals surface area contributed by atoms with E-state index in [0.29, 0.717) is 11.3 Å². The molecule has 0 unspecified atom stereocenters. The number of hydrogen-bond acceptors (Lipinski definition) is 2. The molecule has 2 aromatic rings. The molecule has 0 radical (unpaired) electrons. The van der Waals surface area contributed by atoms with Crippen LogP contribution in [0.4, 0.5) is 8.78 Å². The molecule has 24 heavy (non-hydrogen) atoms. The number of nitrogens with zero attached hydrogens (tertiary/aromatic N) is 3. The van der Waals surface area contributed by atoms with E-state index in [2.05, 4.69) is 21.0 Å². The number of hydrogen-bond donors (Lipinski definition) is 0. The van der Waals surface area contributed by atoms with Crippen LogP contribution in [0.25, 0.3) is 5.65 Å². The highest BCUT2D eigenvalue weighted by molar-refractivity contribution is 9.10. The highest BCUT2D eigenvalue weighted by atomic mass is 79.9. The fourth-order valence-electron chi connectivity index (χ4n) is 5.97. The molecule has 4 fully saturated rings. The Labute approximate surface area is 148 Å². The minimum absolute atomic E-state index is 0.0117. The van der Waals surface area contributed by atoms with Gasteiger partial charge in [0, 0.05) is 5.41 Å². The molecule has 4 aliphatic rings. The molecule has 0 aliphatic heterocycles. The van der Waals surface area contributed by atoms with Crippen LogP contribution in [-0.4, -0.2) is 14.6 Å². The smallest absolute Gasteiger partial charge is 0.232 e. The number of halogens is 3. The molecule has 3 nitrogen and oxygen atoms in total. The van der Waals surface area contributed by atoms with Gasteiger partial charge >= 0.3 is 0 Å². The zero-order valence-corrected chi connectivity index (χ0v) is 15.2. The van der Waals surface area contributed by atoms with Crippen molar-refractivity contribution in [2.75, 3.05) is 0 Å². The highest BCUT2D eigenvalue weighted by Crippen LogP contribution is 2.60. The minimum atomic E-state index is -2.55. The minimum Gasteiger partial charge on any atom is -0.232 e. The molecule has 2 aromatic heterocycles. The average molecular weight is 396 g/mol. The van der Waals surface area contributed by atoms with Crippen LogP contribution in [0.1, 0.15) is 62.0 Å². The number of aromatic nitrogens is 3. The average Bonchev–Trinajstić information content (AvgIpc) is 2.80. The molecule has 128 valence electrons. The Bertz CT molecular complexity index is 794. The van der Waals surface area contributed by atoms with Crippen LogP contribution >= 0.6 is 15.9 Å². The van der Waals surface area contributed by atoms with E-state index < -0.39 is 6.43 Å². The monoisotopic (exact) mass is 395 g/mol. The molecule has 4 saturated carbocycles. The molecule has 4 aliphatic carbocycles. The highest BCUT2D eigenvalue weighted by Gasteiger charge is 2.52. The van der Waals surface area contributed by atoms with E-state index in [9.17, 15) is 8.78 Å². The van der Waals surface area contributed by atoms with E-state index in [0.717, 1.165) is 47.2 Å². The molecule has 6 heteroatoms. The topological polar surface area (TPSA) is 30.2 Å². The molecule has 4 bridgehead atoms. The van der Waals surface area contributed by atoms with E-state index in [-0.39, 0.29) is 11.1 Å². The Hall–Kier alpha value is -1.04. The Kier molecular flexibility index (Phi) is 3.17. The van der Waals surface area contributed by atoms with Gasteiger partial charge < -0.3 is 0 Å². The lowest BCUT2D eigenvalue weighted by atomic mass is 9.49. The molecule has 2 heterocycles. The number of alkyl halides is 2. The van der Waals surface area contributed by atoms with Gasteiger partial charge in [-0.15, -0.1) is 0 Å². The first-order chi connectivity index (χ1) is 11.4. The largest absolute Gasteiger partial charge is 0.280 e. The summed E-state index contributed by atoms with van der Waals surface area (Å²) in [6.07, 6.45) is 4.81. The lowest BCUT2D eigenvalue weighted by Crippen LogP contribution is -2.49. The van der Waals surface area contributed by atoms with Crippen molar-refractivity contribution >= 4 is 21.6 Å². The van der Waals surface area contributed by atoms with E-state index in [1.54, 1.807) is 6.07 Å². The zero-order valence-electron chi connectivity index (χ0n) is 13.6. The first-order valence-corrected chi connectivity index (χ1v) is 9.59. The molecule has 0 spiro atoms. The van der Waals surface area contributed by atoms with Gasteiger partial charge in [-0.3, -0.25) is 0 Å². The van der Waals surface area contributed by atoms with Crippen LogP contribution in [0, 0.1) is 24.7 Å². The zero-order chi connectivity index (χ0) is 16.6. The molecule has 0 saturated heterocycles. The van der Waals surface area contributed by atoms with Gasteiger partial charge in [-0.25, -0.2) is 18.3 Å². The summed E-state index contributed by atoms with van der Waals surface area (Å²) in [5.41, 5.74) is 2.10. The lowest BCUT2D eigenvalue weighted by molar-refractivity contribution is -0.00734. The third kappa shape index (κ3) is 2.04. The predicted octanol–water partition coefficient (Wildman–Crippen LogP) is 5.21. The number of aryl methyl sites for hydroxylation is 1. The summed E-state index contributed by atoms with van der Waals surface area (Å²) in [4.78, 5) is 4.85. The van der Waals surface area contributed by atoms with Crippen LogP contribution in [0.3, 0.4) is 0 Å². The predicted molar refractivity (Wildman–Crippen MR) is 90.2 cm³/mol. The van der Waals surface area contributed by atoms with Crippen molar-refractivity contribution in [2.24, 2.45) is 17.8 Å². The summed E-state index contributed by atoms with van der Waals surface area (Å²) in [6.45, 7) is 1.82. The maximum atomic E-state index is 13.7. The Morgan fingerprint density at radius 2 is 1.75 bits per heavy atom. The van der Waals surface area contributed by atoms with Crippen molar-refractivity contribution in [2.45, 2.75) is 57.3 Å². The Balaban J connectivity index is 1.71. The van der Waals surface area contributed by atoms with Gasteiger partial charge in [0.2, 0.25) is 0 Å². The van der Waals surface area contributed by atoms with Gasteiger partial charge in [0.1, 0.15) is 5.69 Å². The van der Waals surface area contributed by atoms with Crippen molar-refractivity contribution in [3.8, 4) is 0 Å². The normalized spacial score (nSPS) is 34.6. The second-order valence-corrected chi connectivity index (χ2v) is 8.99. The van der Waals surface area contributed by atoms with E-state index in [1.165, 1.54) is 23.8 Å². The Morgan fingerprint density at radius 3 is 2.29 bits per heavy atom. The standard InChI is InChI=1S/C18H20BrF2N3/c1-9-15(19)17-22-14(5-13(16(20)21)24(17)23-9)18-6-10-2-11(7-18)4-12(3-10)8-18/h5,10-12,16H,2-4,6-8H2,1H3. The summed E-state index contributed by atoms with van der Waals surface area (Å²) < 4.78 is 29.4. The maximum Gasteiger partial charge on any atom is 0.280 e. The van der Waals surface area contributed by atoms with Crippen molar-refractivity contribution in [1.29, 1.82) is 0 Å². The van der Waals surface area contributed by atoms with Gasteiger partial charge in [0.05, 0.1) is 15.9 Å². The summed E-state index contributed by atoms with van der Waals surface area (Å²) in [6, 6.07) is 1.64. The third-order valence-electron chi connectivity index (χ3n) is 6.53. The second-order valence-electron chi connectivity index (χ2n) is 8.20. The summed E-state index contributed by atoms with van der Waals surface area (Å²) in [7, 11) is 0. The van der Waals surface area contributed by atoms with Crippen LogP contribution in [0.5, 0.6) is 0 Å². The first-order valence-electron chi connectivity index (χ1n) is 8.79. The Morgan fingerprint density at radius 1 is 1.17 bits per heavy atom. The summed E-state index contributed by atoms with van der Waals surface area (Å²) in [5, 5.41) is 4.25. The molecular formula is C18H20BrF2N3. The second kappa shape index (κ2) is 4.99. The summed E-state index contributed by atoms with van der Waals surface area (Å²) in [5.74, 6) is 2.29. The van der Waals surface area contributed by atoms with Crippen LogP contribution in [0.15, 0.2) is 10.5 Å². The fraction of sp³-hybridized carbons (Fsp3) is 0.667. The van der Waals surface area contributed by atoms with Crippen molar-refractivity contribution in [3.63, 3.8) is 0 Å².